The summed E-state index contributed by atoms with van der Waals surface area (Å²) in [5, 5.41) is 3.79. The van der Waals surface area contributed by atoms with E-state index < -0.39 is 0 Å². The van der Waals surface area contributed by atoms with Gasteiger partial charge in [-0.25, -0.2) is 0 Å². The molecule has 1 atom stereocenters. The first-order valence-corrected chi connectivity index (χ1v) is 10.4. The summed E-state index contributed by atoms with van der Waals surface area (Å²) in [5.74, 6) is -0.0203. The van der Waals surface area contributed by atoms with Crippen LogP contribution in [0.3, 0.4) is 0 Å². The van der Waals surface area contributed by atoms with Gasteiger partial charge in [0.2, 0.25) is 11.8 Å². The molecule has 154 valence electrons. The van der Waals surface area contributed by atoms with Crippen LogP contribution in [0.4, 0.5) is 0 Å². The highest BCUT2D eigenvalue weighted by molar-refractivity contribution is 6.30. The lowest BCUT2D eigenvalue weighted by Gasteiger charge is -2.41. The number of hydrogen-bond donors (Lipinski definition) is 1. The third-order valence-electron chi connectivity index (χ3n) is 5.72. The average molecular weight is 408 g/mol. The van der Waals surface area contributed by atoms with E-state index in [1.165, 1.54) is 0 Å². The molecule has 0 spiro atoms. The van der Waals surface area contributed by atoms with Crippen LogP contribution in [0.15, 0.2) is 24.3 Å². The Balaban J connectivity index is 1.53. The fraction of sp³-hybridized carbons (Fsp3) is 0.619. The highest BCUT2D eigenvalue weighted by atomic mass is 35.5. The van der Waals surface area contributed by atoms with E-state index in [0.29, 0.717) is 37.5 Å². The summed E-state index contributed by atoms with van der Waals surface area (Å²) in [6, 6.07) is 7.49. The van der Waals surface area contributed by atoms with Crippen LogP contribution in [-0.2, 0) is 20.9 Å². The van der Waals surface area contributed by atoms with Gasteiger partial charge in [-0.05, 0) is 38.0 Å². The normalized spacial score (nSPS) is 21.6. The quantitative estimate of drug-likeness (QED) is 0.786. The molecule has 0 radical (unpaired) electrons. The predicted molar refractivity (Wildman–Crippen MR) is 109 cm³/mol. The molecule has 0 bridgehead atoms. The third kappa shape index (κ3) is 5.46. The van der Waals surface area contributed by atoms with E-state index >= 15 is 0 Å². The monoisotopic (exact) mass is 407 g/mol. The van der Waals surface area contributed by atoms with E-state index in [9.17, 15) is 9.59 Å². The number of piperidine rings is 1. The van der Waals surface area contributed by atoms with Crippen molar-refractivity contribution < 1.29 is 14.3 Å². The Morgan fingerprint density at radius 2 is 1.93 bits per heavy atom. The molecule has 2 amide bonds. The lowest BCUT2D eigenvalue weighted by molar-refractivity contribution is -0.139. The molecule has 2 fully saturated rings. The van der Waals surface area contributed by atoms with Crippen LogP contribution in [0.5, 0.6) is 0 Å². The lowest BCUT2D eigenvalue weighted by Crippen LogP contribution is -2.56. The Morgan fingerprint density at radius 1 is 1.25 bits per heavy atom. The number of hydrogen-bond acceptors (Lipinski definition) is 4. The van der Waals surface area contributed by atoms with Gasteiger partial charge in [0.25, 0.3) is 0 Å². The molecular formula is C21H30ClN3O3. The van der Waals surface area contributed by atoms with Crippen molar-refractivity contribution in [1.82, 2.24) is 15.1 Å². The summed E-state index contributed by atoms with van der Waals surface area (Å²) < 4.78 is 5.42. The fourth-order valence-corrected chi connectivity index (χ4v) is 3.95. The summed E-state index contributed by atoms with van der Waals surface area (Å²) in [5.41, 5.74) is 0.902. The molecule has 1 aromatic rings. The Bertz CT molecular complexity index is 687. The minimum absolute atomic E-state index is 0.0370. The van der Waals surface area contributed by atoms with Gasteiger partial charge in [-0.1, -0.05) is 23.7 Å². The van der Waals surface area contributed by atoms with Crippen LogP contribution < -0.4 is 5.32 Å². The highest BCUT2D eigenvalue weighted by Crippen LogP contribution is 2.22. The summed E-state index contributed by atoms with van der Waals surface area (Å²) in [6.45, 7) is 9.11. The van der Waals surface area contributed by atoms with E-state index in [0.717, 1.165) is 31.9 Å². The Morgan fingerprint density at radius 3 is 2.61 bits per heavy atom. The second-order valence-electron chi connectivity index (χ2n) is 8.27. The smallest absolute Gasteiger partial charge is 0.224 e. The van der Waals surface area contributed by atoms with Crippen molar-refractivity contribution in [3.63, 3.8) is 0 Å². The van der Waals surface area contributed by atoms with Gasteiger partial charge in [-0.2, -0.15) is 0 Å². The molecule has 1 unspecified atom stereocenters. The topological polar surface area (TPSA) is 61.9 Å². The van der Waals surface area contributed by atoms with Crippen molar-refractivity contribution in [2.24, 2.45) is 5.92 Å². The van der Waals surface area contributed by atoms with Gasteiger partial charge in [-0.3, -0.25) is 14.5 Å². The Labute approximate surface area is 172 Å². The molecule has 0 aromatic heterocycles. The van der Waals surface area contributed by atoms with E-state index in [1.807, 2.05) is 24.3 Å². The van der Waals surface area contributed by atoms with Gasteiger partial charge in [0.1, 0.15) is 0 Å². The molecule has 2 saturated heterocycles. The number of ether oxygens (including phenoxy) is 1. The van der Waals surface area contributed by atoms with Gasteiger partial charge < -0.3 is 15.0 Å². The predicted octanol–water partition coefficient (Wildman–Crippen LogP) is 2.31. The summed E-state index contributed by atoms with van der Waals surface area (Å²) >= 11 is 5.93. The van der Waals surface area contributed by atoms with E-state index in [1.54, 1.807) is 4.90 Å². The summed E-state index contributed by atoms with van der Waals surface area (Å²) in [6.07, 6.45) is 1.03. The van der Waals surface area contributed by atoms with Crippen LogP contribution in [0.1, 0.15) is 32.3 Å². The molecule has 2 heterocycles. The third-order valence-corrected chi connectivity index (χ3v) is 5.97. The molecule has 0 aliphatic carbocycles. The maximum Gasteiger partial charge on any atom is 0.224 e. The number of nitrogens with zero attached hydrogens (tertiary/aromatic N) is 2. The largest absolute Gasteiger partial charge is 0.379 e. The number of nitrogens with one attached hydrogen (secondary N) is 1. The van der Waals surface area contributed by atoms with Crippen LogP contribution >= 0.6 is 11.6 Å². The molecule has 0 saturated carbocycles. The minimum Gasteiger partial charge on any atom is -0.379 e. The molecule has 1 aromatic carbocycles. The number of amides is 2. The van der Waals surface area contributed by atoms with Crippen molar-refractivity contribution in [3.8, 4) is 0 Å². The zero-order valence-electron chi connectivity index (χ0n) is 16.7. The van der Waals surface area contributed by atoms with Crippen LogP contribution in [0.2, 0.25) is 5.02 Å². The van der Waals surface area contributed by atoms with Crippen LogP contribution in [0.25, 0.3) is 0 Å². The van der Waals surface area contributed by atoms with Crippen molar-refractivity contribution in [2.75, 3.05) is 39.4 Å². The number of likely N-dealkylation sites (tertiary alicyclic amines) is 1. The maximum atomic E-state index is 12.8. The molecule has 2 aliphatic rings. The molecule has 6 nitrogen and oxygen atoms in total. The second kappa shape index (κ2) is 9.25. The zero-order valence-corrected chi connectivity index (χ0v) is 17.5. The number of carbonyl (C=O) groups excluding carboxylic acids is 2. The van der Waals surface area contributed by atoms with Crippen LogP contribution in [-0.4, -0.2) is 66.5 Å². The number of morpholine rings is 1. The first-order chi connectivity index (χ1) is 13.3. The van der Waals surface area contributed by atoms with Crippen LogP contribution in [0, 0.1) is 5.92 Å². The molecule has 1 N–H and O–H groups in total. The molecular weight excluding hydrogens is 378 g/mol. The molecule has 3 rings (SSSR count). The number of benzene rings is 1. The van der Waals surface area contributed by atoms with Crippen molar-refractivity contribution in [2.45, 2.75) is 38.8 Å². The average Bonchev–Trinajstić information content (AvgIpc) is 2.70. The molecule has 28 heavy (non-hydrogen) atoms. The van der Waals surface area contributed by atoms with Gasteiger partial charge in [0, 0.05) is 49.7 Å². The van der Waals surface area contributed by atoms with E-state index in [-0.39, 0.29) is 23.3 Å². The maximum absolute atomic E-state index is 12.8. The van der Waals surface area contributed by atoms with Gasteiger partial charge in [0.15, 0.2) is 0 Å². The van der Waals surface area contributed by atoms with Crippen molar-refractivity contribution in [3.05, 3.63) is 34.9 Å². The first kappa shape index (κ1) is 21.1. The number of carbonyl (C=O) groups is 2. The first-order valence-electron chi connectivity index (χ1n) is 9.98. The fourth-order valence-electron chi connectivity index (χ4n) is 3.82. The standard InChI is InChI=1S/C21H30ClN3O3/c1-21(2,25-9-11-28-12-10-25)15-23-20(27)17-5-8-19(26)24(14-17)13-16-3-6-18(22)7-4-16/h3-4,6-7,17H,5,8-15H2,1-2H3,(H,23,27). The van der Waals surface area contributed by atoms with Crippen molar-refractivity contribution >= 4 is 23.4 Å². The van der Waals surface area contributed by atoms with Gasteiger partial charge >= 0.3 is 0 Å². The minimum atomic E-state index is -0.162. The zero-order chi connectivity index (χ0) is 20.1. The summed E-state index contributed by atoms with van der Waals surface area (Å²) in [4.78, 5) is 29.2. The highest BCUT2D eigenvalue weighted by Gasteiger charge is 2.33. The Kier molecular flexibility index (Phi) is 6.96. The molecule has 2 aliphatic heterocycles. The van der Waals surface area contributed by atoms with E-state index in [4.69, 9.17) is 16.3 Å². The Hall–Kier alpha value is -1.63. The SMILES string of the molecule is CC(C)(CNC(=O)C1CCC(=O)N(Cc2ccc(Cl)cc2)C1)N1CCOCC1. The van der Waals surface area contributed by atoms with E-state index in [2.05, 4.69) is 24.1 Å². The lowest BCUT2D eigenvalue weighted by atomic mass is 9.95. The van der Waals surface area contributed by atoms with Gasteiger partial charge in [0.05, 0.1) is 19.1 Å². The number of rotatable bonds is 6. The number of halogens is 1. The van der Waals surface area contributed by atoms with Crippen molar-refractivity contribution in [1.29, 1.82) is 0 Å². The van der Waals surface area contributed by atoms with Gasteiger partial charge in [-0.15, -0.1) is 0 Å². The summed E-state index contributed by atoms with van der Waals surface area (Å²) in [7, 11) is 0. The molecule has 7 heteroatoms. The second-order valence-corrected chi connectivity index (χ2v) is 8.70.